The second-order valence-electron chi connectivity index (χ2n) is 6.82. The van der Waals surface area contributed by atoms with Gasteiger partial charge in [-0.3, -0.25) is 4.79 Å². The van der Waals surface area contributed by atoms with Gasteiger partial charge in [-0.2, -0.15) is 0 Å². The molecule has 0 aromatic rings. The van der Waals surface area contributed by atoms with Gasteiger partial charge in [-0.15, -0.1) is 0 Å². The van der Waals surface area contributed by atoms with E-state index in [1.807, 2.05) is 0 Å². The summed E-state index contributed by atoms with van der Waals surface area (Å²) >= 11 is 0. The lowest BCUT2D eigenvalue weighted by Crippen LogP contribution is -2.09. The third kappa shape index (κ3) is 8.68. The highest BCUT2D eigenvalue weighted by molar-refractivity contribution is 5.85. The number of allylic oxidation sites excluding steroid dienone is 4. The quantitative estimate of drug-likeness (QED) is 0.432. The molecule has 25 heavy (non-hydrogen) atoms. The van der Waals surface area contributed by atoms with Crippen molar-refractivity contribution < 1.29 is 24.5 Å². The summed E-state index contributed by atoms with van der Waals surface area (Å²) in [7, 11) is 0. The van der Waals surface area contributed by atoms with E-state index in [1.54, 1.807) is 6.92 Å². The van der Waals surface area contributed by atoms with Gasteiger partial charge in [-0.1, -0.05) is 30.2 Å². The van der Waals surface area contributed by atoms with Crippen molar-refractivity contribution in [2.45, 2.75) is 72.0 Å². The monoisotopic (exact) mass is 350 g/mol. The number of carbonyl (C=O) groups excluding carboxylic acids is 1. The van der Waals surface area contributed by atoms with Crippen LogP contribution in [0.1, 0.15) is 65.7 Å². The minimum Gasteiger partial charge on any atom is -0.481 e. The minimum atomic E-state index is -1.07. The Morgan fingerprint density at radius 1 is 1.24 bits per heavy atom. The first kappa shape index (κ1) is 21.2. The van der Waals surface area contributed by atoms with Crippen molar-refractivity contribution in [2.75, 3.05) is 0 Å². The molecular weight excluding hydrogens is 320 g/mol. The van der Waals surface area contributed by atoms with E-state index in [4.69, 9.17) is 5.11 Å². The summed E-state index contributed by atoms with van der Waals surface area (Å²) in [4.78, 5) is 21.8. The number of carbonyl (C=O) groups is 2. The number of aliphatic carboxylic acids is 1. The number of carboxylic acids is 1. The second kappa shape index (κ2) is 10.9. The Labute approximate surface area is 150 Å². The molecule has 0 aromatic carbocycles. The molecule has 0 aliphatic carbocycles. The number of carboxylic acid groups (broad SMARTS) is 1. The molecule has 1 heterocycles. The van der Waals surface area contributed by atoms with Crippen LogP contribution in [0.25, 0.3) is 0 Å². The number of aliphatic hydroxyl groups excluding tert-OH is 1. The predicted octanol–water partition coefficient (Wildman–Crippen LogP) is 4.13. The highest BCUT2D eigenvalue weighted by Gasteiger charge is 2.22. The molecule has 0 bridgehead atoms. The molecule has 0 aromatic heterocycles. The Balaban J connectivity index is 2.21. The zero-order chi connectivity index (χ0) is 18.8. The molecule has 5 heteroatoms. The number of esters is 1. The zero-order valence-electron chi connectivity index (χ0n) is 15.5. The zero-order valence-corrected chi connectivity index (χ0v) is 15.5. The first-order valence-electron chi connectivity index (χ1n) is 8.92. The van der Waals surface area contributed by atoms with Crippen LogP contribution in [-0.4, -0.2) is 28.4 Å². The van der Waals surface area contributed by atoms with Gasteiger partial charge in [0.25, 0.3) is 0 Å². The normalized spacial score (nSPS) is 19.6. The van der Waals surface area contributed by atoms with Gasteiger partial charge in [0.2, 0.25) is 6.29 Å². The van der Waals surface area contributed by atoms with Crippen LogP contribution >= 0.6 is 0 Å². The van der Waals surface area contributed by atoms with Gasteiger partial charge in [-0.25, -0.2) is 4.79 Å². The highest BCUT2D eigenvalue weighted by atomic mass is 16.6. The molecule has 1 unspecified atom stereocenters. The fraction of sp³-hybridized carbons (Fsp3) is 0.600. The number of rotatable bonds is 11. The van der Waals surface area contributed by atoms with E-state index in [1.165, 1.54) is 17.2 Å². The standard InChI is InChI=1S/C20H30O5/c1-14(9-5-11-16(3)19(22)23)7-4-8-15(2)10-6-12-17-13-18(21)25-20(17)24/h7,10,13,16,20,24H,4-6,8-9,11-12H2,1-3H3,(H,22,23)/b14-7+,15-10+/t16-,20?/m1/s1. The van der Waals surface area contributed by atoms with E-state index < -0.39 is 18.2 Å². The summed E-state index contributed by atoms with van der Waals surface area (Å²) in [6.07, 6.45) is 10.6. The van der Waals surface area contributed by atoms with E-state index in [9.17, 15) is 14.7 Å². The summed E-state index contributed by atoms with van der Waals surface area (Å²) in [5.41, 5.74) is 3.23. The summed E-state index contributed by atoms with van der Waals surface area (Å²) in [6.45, 7) is 5.92. The molecule has 0 saturated carbocycles. The van der Waals surface area contributed by atoms with Gasteiger partial charge < -0.3 is 14.9 Å². The molecule has 1 aliphatic heterocycles. The van der Waals surface area contributed by atoms with Crippen molar-refractivity contribution in [3.8, 4) is 0 Å². The Hall–Kier alpha value is -1.88. The molecule has 0 amide bonds. The van der Waals surface area contributed by atoms with Crippen LogP contribution < -0.4 is 0 Å². The molecule has 0 saturated heterocycles. The van der Waals surface area contributed by atoms with Crippen molar-refractivity contribution in [2.24, 2.45) is 5.92 Å². The molecule has 2 atom stereocenters. The maximum Gasteiger partial charge on any atom is 0.333 e. The van der Waals surface area contributed by atoms with Crippen molar-refractivity contribution in [1.29, 1.82) is 0 Å². The first-order valence-corrected chi connectivity index (χ1v) is 8.92. The van der Waals surface area contributed by atoms with Gasteiger partial charge >= 0.3 is 11.9 Å². The Morgan fingerprint density at radius 3 is 2.48 bits per heavy atom. The van der Waals surface area contributed by atoms with Gasteiger partial charge in [-0.05, 0) is 58.8 Å². The first-order chi connectivity index (χ1) is 11.8. The summed E-state index contributed by atoms with van der Waals surface area (Å²) in [5.74, 6) is -1.46. The van der Waals surface area contributed by atoms with Gasteiger partial charge in [0.15, 0.2) is 0 Å². The van der Waals surface area contributed by atoms with E-state index in [2.05, 4.69) is 30.7 Å². The molecule has 0 spiro atoms. The lowest BCUT2D eigenvalue weighted by atomic mass is 10.0. The Kier molecular flexibility index (Phi) is 9.21. The lowest BCUT2D eigenvalue weighted by molar-refractivity contribution is -0.151. The summed E-state index contributed by atoms with van der Waals surface area (Å²) < 4.78 is 4.65. The van der Waals surface area contributed by atoms with Crippen LogP contribution in [-0.2, 0) is 14.3 Å². The number of hydrogen-bond acceptors (Lipinski definition) is 4. The average Bonchev–Trinajstić information content (AvgIpc) is 2.84. The Morgan fingerprint density at radius 2 is 1.88 bits per heavy atom. The summed E-state index contributed by atoms with van der Waals surface area (Å²) in [6, 6.07) is 0. The Bertz CT molecular complexity index is 556. The van der Waals surface area contributed by atoms with Crippen molar-refractivity contribution >= 4 is 11.9 Å². The van der Waals surface area contributed by atoms with Crippen LogP contribution in [0.3, 0.4) is 0 Å². The minimum absolute atomic E-state index is 0.271. The summed E-state index contributed by atoms with van der Waals surface area (Å²) in [5, 5.41) is 18.3. The molecule has 2 N–H and O–H groups in total. The van der Waals surface area contributed by atoms with E-state index in [0.29, 0.717) is 18.4 Å². The second-order valence-corrected chi connectivity index (χ2v) is 6.82. The van der Waals surface area contributed by atoms with Crippen LogP contribution in [0.15, 0.2) is 34.9 Å². The molecular formula is C20H30O5. The number of cyclic esters (lactones) is 1. The average molecular weight is 350 g/mol. The third-order valence-electron chi connectivity index (χ3n) is 4.44. The SMILES string of the molecule is C/C(=C\CCC1=CC(=O)OC1O)CC/C=C(\C)CCC[C@@H](C)C(=O)O. The van der Waals surface area contributed by atoms with Crippen molar-refractivity contribution in [3.63, 3.8) is 0 Å². The molecule has 1 aliphatic rings. The highest BCUT2D eigenvalue weighted by Crippen LogP contribution is 2.20. The fourth-order valence-electron chi connectivity index (χ4n) is 2.68. The van der Waals surface area contributed by atoms with Gasteiger partial charge in [0, 0.05) is 11.6 Å². The van der Waals surface area contributed by atoms with Crippen LogP contribution in [0, 0.1) is 5.92 Å². The molecule has 0 radical (unpaired) electrons. The third-order valence-corrected chi connectivity index (χ3v) is 4.44. The fourth-order valence-corrected chi connectivity index (χ4v) is 2.68. The van der Waals surface area contributed by atoms with E-state index in [-0.39, 0.29) is 5.92 Å². The topological polar surface area (TPSA) is 83.8 Å². The molecule has 140 valence electrons. The van der Waals surface area contributed by atoms with Gasteiger partial charge in [0.1, 0.15) is 0 Å². The number of aliphatic hydroxyl groups is 1. The van der Waals surface area contributed by atoms with Gasteiger partial charge in [0.05, 0.1) is 5.92 Å². The smallest absolute Gasteiger partial charge is 0.333 e. The predicted molar refractivity (Wildman–Crippen MR) is 96.8 cm³/mol. The maximum atomic E-state index is 11.0. The van der Waals surface area contributed by atoms with E-state index >= 15 is 0 Å². The number of ether oxygens (including phenoxy) is 1. The molecule has 5 nitrogen and oxygen atoms in total. The molecule has 0 fully saturated rings. The van der Waals surface area contributed by atoms with Crippen LogP contribution in [0.5, 0.6) is 0 Å². The van der Waals surface area contributed by atoms with Crippen LogP contribution in [0.2, 0.25) is 0 Å². The largest absolute Gasteiger partial charge is 0.481 e. The van der Waals surface area contributed by atoms with E-state index in [0.717, 1.165) is 32.1 Å². The maximum absolute atomic E-state index is 11.0. The van der Waals surface area contributed by atoms with Crippen molar-refractivity contribution in [3.05, 3.63) is 34.9 Å². The van der Waals surface area contributed by atoms with Crippen LogP contribution in [0.4, 0.5) is 0 Å². The number of hydrogen-bond donors (Lipinski definition) is 2. The van der Waals surface area contributed by atoms with Crippen molar-refractivity contribution in [1.82, 2.24) is 0 Å². The lowest BCUT2D eigenvalue weighted by Gasteiger charge is -2.07. The molecule has 1 rings (SSSR count).